The third kappa shape index (κ3) is 2.42. The lowest BCUT2D eigenvalue weighted by Crippen LogP contribution is -2.57. The fourth-order valence-electron chi connectivity index (χ4n) is 7.69. The number of carbonyl (C=O) groups excluding carboxylic acids is 2. The van der Waals surface area contributed by atoms with Crippen LogP contribution in [0.5, 0.6) is 0 Å². The minimum atomic E-state index is -0.244. The molecule has 0 radical (unpaired) electrons. The molecular formula is C24H30N2O2. The monoisotopic (exact) mass is 378 g/mol. The number of likely N-dealkylation sites (tertiary alicyclic amines) is 1. The van der Waals surface area contributed by atoms with E-state index in [4.69, 9.17) is 0 Å². The standard InChI is InChI=1S/C24H30N2O2/c27-22(25-9-7-19-4-1-2-5-20(19)25)21-6-3-8-26(21)23(28)24-13-16-10-17(14-24)12-18(11-16)15-24/h1-2,4-5,16-18,21H,3,6-15H2. The summed E-state index contributed by atoms with van der Waals surface area (Å²) in [6, 6.07) is 7.99. The number of hydrogen-bond donors (Lipinski definition) is 0. The average molecular weight is 379 g/mol. The Kier molecular flexibility index (Phi) is 3.70. The highest BCUT2D eigenvalue weighted by atomic mass is 16.2. The summed E-state index contributed by atoms with van der Waals surface area (Å²) < 4.78 is 0. The van der Waals surface area contributed by atoms with Crippen molar-refractivity contribution in [2.75, 3.05) is 18.0 Å². The Morgan fingerprint density at radius 3 is 2.32 bits per heavy atom. The van der Waals surface area contributed by atoms with Gasteiger partial charge >= 0.3 is 0 Å². The van der Waals surface area contributed by atoms with Crippen molar-refractivity contribution in [2.24, 2.45) is 23.2 Å². The van der Waals surface area contributed by atoms with E-state index in [1.54, 1.807) is 0 Å². The smallest absolute Gasteiger partial charge is 0.249 e. The van der Waals surface area contributed by atoms with Gasteiger partial charge in [-0.15, -0.1) is 0 Å². The Balaban J connectivity index is 1.26. The highest BCUT2D eigenvalue weighted by molar-refractivity contribution is 6.01. The normalized spacial score (nSPS) is 38.1. The van der Waals surface area contributed by atoms with Gasteiger partial charge in [-0.3, -0.25) is 9.59 Å². The van der Waals surface area contributed by atoms with E-state index in [0.29, 0.717) is 5.91 Å². The van der Waals surface area contributed by atoms with Gasteiger partial charge in [0.25, 0.3) is 0 Å². The Morgan fingerprint density at radius 1 is 0.929 bits per heavy atom. The number of nitrogens with zero attached hydrogens (tertiary/aromatic N) is 2. The Morgan fingerprint density at radius 2 is 1.61 bits per heavy atom. The van der Waals surface area contributed by atoms with E-state index in [1.807, 2.05) is 21.9 Å². The van der Waals surface area contributed by atoms with Gasteiger partial charge in [-0.1, -0.05) is 18.2 Å². The topological polar surface area (TPSA) is 40.6 Å². The summed E-state index contributed by atoms with van der Waals surface area (Å²) in [4.78, 5) is 31.3. The fraction of sp³-hybridized carbons (Fsp3) is 0.667. The molecule has 148 valence electrons. The van der Waals surface area contributed by atoms with E-state index in [2.05, 4.69) is 12.1 Å². The first kappa shape index (κ1) is 17.1. The van der Waals surface area contributed by atoms with Crippen LogP contribution < -0.4 is 4.90 Å². The molecule has 4 saturated carbocycles. The second-order valence-corrected chi connectivity index (χ2v) is 10.2. The zero-order chi connectivity index (χ0) is 18.9. The summed E-state index contributed by atoms with van der Waals surface area (Å²) in [6.07, 6.45) is 10.0. The summed E-state index contributed by atoms with van der Waals surface area (Å²) in [5.41, 5.74) is 2.18. The van der Waals surface area contributed by atoms with Crippen LogP contribution in [-0.2, 0) is 16.0 Å². The van der Waals surface area contributed by atoms with Gasteiger partial charge in [0, 0.05) is 18.8 Å². The van der Waals surface area contributed by atoms with Gasteiger partial charge < -0.3 is 9.80 Å². The molecule has 0 N–H and O–H groups in total. The van der Waals surface area contributed by atoms with Crippen molar-refractivity contribution in [3.8, 4) is 0 Å². The van der Waals surface area contributed by atoms with Crippen molar-refractivity contribution >= 4 is 17.5 Å². The molecule has 1 unspecified atom stereocenters. The maximum atomic E-state index is 13.8. The van der Waals surface area contributed by atoms with E-state index < -0.39 is 0 Å². The lowest BCUT2D eigenvalue weighted by Gasteiger charge is -2.56. The average Bonchev–Trinajstić information content (AvgIpc) is 3.33. The maximum Gasteiger partial charge on any atom is 0.249 e. The number of fused-ring (bicyclic) bond motifs is 1. The fourth-order valence-corrected chi connectivity index (χ4v) is 7.69. The molecule has 1 aromatic carbocycles. The van der Waals surface area contributed by atoms with Crippen LogP contribution in [0.2, 0.25) is 0 Å². The Hall–Kier alpha value is -1.84. The number of rotatable bonds is 2. The SMILES string of the molecule is O=C(C1CCCN1C(=O)C12CC3CC(CC(C3)C1)C2)N1CCc2ccccc21. The Labute approximate surface area is 167 Å². The third-order valence-corrected chi connectivity index (χ3v) is 8.44. The molecule has 28 heavy (non-hydrogen) atoms. The van der Waals surface area contributed by atoms with Crippen LogP contribution in [0.1, 0.15) is 56.9 Å². The van der Waals surface area contributed by atoms with E-state index in [0.717, 1.165) is 75.1 Å². The van der Waals surface area contributed by atoms with Crippen molar-refractivity contribution in [2.45, 2.75) is 63.8 Å². The molecule has 4 aliphatic carbocycles. The van der Waals surface area contributed by atoms with Crippen LogP contribution in [-0.4, -0.2) is 35.8 Å². The predicted octanol–water partition coefficient (Wildman–Crippen LogP) is 3.78. The van der Waals surface area contributed by atoms with Crippen molar-refractivity contribution in [3.63, 3.8) is 0 Å². The molecule has 2 heterocycles. The highest BCUT2D eigenvalue weighted by Crippen LogP contribution is 2.60. The van der Waals surface area contributed by atoms with Crippen LogP contribution in [0.4, 0.5) is 5.69 Å². The van der Waals surface area contributed by atoms with E-state index in [9.17, 15) is 9.59 Å². The van der Waals surface area contributed by atoms with Crippen LogP contribution in [0, 0.1) is 23.2 Å². The number of benzene rings is 1. The van der Waals surface area contributed by atoms with Crippen molar-refractivity contribution in [1.82, 2.24) is 4.90 Å². The lowest BCUT2D eigenvalue weighted by molar-refractivity contribution is -0.160. The van der Waals surface area contributed by atoms with Gasteiger partial charge in [0.15, 0.2) is 0 Å². The summed E-state index contributed by atoms with van der Waals surface area (Å²) >= 11 is 0. The quantitative estimate of drug-likeness (QED) is 0.786. The lowest BCUT2D eigenvalue weighted by atomic mass is 9.49. The molecule has 4 nitrogen and oxygen atoms in total. The molecule has 1 atom stereocenters. The first-order valence-electron chi connectivity index (χ1n) is 11.3. The van der Waals surface area contributed by atoms with E-state index in [-0.39, 0.29) is 17.4 Å². The van der Waals surface area contributed by atoms with Gasteiger partial charge in [0.05, 0.1) is 5.41 Å². The molecule has 7 rings (SSSR count). The second kappa shape index (κ2) is 6.08. The largest absolute Gasteiger partial charge is 0.330 e. The van der Waals surface area contributed by atoms with Crippen LogP contribution >= 0.6 is 0 Å². The maximum absolute atomic E-state index is 13.8. The molecule has 5 fully saturated rings. The zero-order valence-electron chi connectivity index (χ0n) is 16.6. The van der Waals surface area contributed by atoms with E-state index in [1.165, 1.54) is 24.8 Å². The number of para-hydroxylation sites is 1. The molecule has 6 aliphatic rings. The number of hydrogen-bond acceptors (Lipinski definition) is 2. The van der Waals surface area contributed by atoms with Gasteiger partial charge in [-0.2, -0.15) is 0 Å². The van der Waals surface area contributed by atoms with Crippen molar-refractivity contribution in [3.05, 3.63) is 29.8 Å². The van der Waals surface area contributed by atoms with Gasteiger partial charge in [-0.05, 0) is 87.2 Å². The number of amides is 2. The molecule has 0 spiro atoms. The minimum absolute atomic E-state index is 0.138. The zero-order valence-corrected chi connectivity index (χ0v) is 16.6. The molecule has 1 aromatic rings. The molecule has 2 aliphatic heterocycles. The molecule has 4 bridgehead atoms. The number of carbonyl (C=O) groups is 2. The minimum Gasteiger partial charge on any atom is -0.330 e. The first-order chi connectivity index (χ1) is 13.6. The van der Waals surface area contributed by atoms with Crippen LogP contribution in [0.3, 0.4) is 0 Å². The van der Waals surface area contributed by atoms with Crippen molar-refractivity contribution in [1.29, 1.82) is 0 Å². The molecule has 2 amide bonds. The van der Waals surface area contributed by atoms with Gasteiger partial charge in [0.1, 0.15) is 6.04 Å². The first-order valence-corrected chi connectivity index (χ1v) is 11.3. The van der Waals surface area contributed by atoms with Gasteiger partial charge in [0.2, 0.25) is 11.8 Å². The van der Waals surface area contributed by atoms with Crippen LogP contribution in [0.15, 0.2) is 24.3 Å². The van der Waals surface area contributed by atoms with Crippen LogP contribution in [0.25, 0.3) is 0 Å². The molecule has 4 heteroatoms. The highest BCUT2D eigenvalue weighted by Gasteiger charge is 2.57. The number of anilines is 1. The molecule has 0 aromatic heterocycles. The summed E-state index contributed by atoms with van der Waals surface area (Å²) in [5.74, 6) is 2.77. The predicted molar refractivity (Wildman–Crippen MR) is 108 cm³/mol. The van der Waals surface area contributed by atoms with Crippen molar-refractivity contribution < 1.29 is 9.59 Å². The Bertz CT molecular complexity index is 796. The summed E-state index contributed by atoms with van der Waals surface area (Å²) in [5, 5.41) is 0. The second-order valence-electron chi connectivity index (χ2n) is 10.2. The third-order valence-electron chi connectivity index (χ3n) is 8.44. The molecule has 1 saturated heterocycles. The van der Waals surface area contributed by atoms with Gasteiger partial charge in [-0.25, -0.2) is 0 Å². The summed E-state index contributed by atoms with van der Waals surface area (Å²) in [6.45, 7) is 1.53. The van der Waals surface area contributed by atoms with E-state index >= 15 is 0 Å². The molecular weight excluding hydrogens is 348 g/mol. The summed E-state index contributed by atoms with van der Waals surface area (Å²) in [7, 11) is 0.